The van der Waals surface area contributed by atoms with E-state index >= 15 is 0 Å². The van der Waals surface area contributed by atoms with E-state index in [9.17, 15) is 14.4 Å². The van der Waals surface area contributed by atoms with E-state index < -0.39 is 23.7 Å². The Morgan fingerprint density at radius 3 is 2.37 bits per heavy atom. The number of nitrogens with one attached hydrogen (secondary N) is 1. The van der Waals surface area contributed by atoms with Crippen LogP contribution in [0.5, 0.6) is 0 Å². The molecule has 0 spiro atoms. The smallest absolute Gasteiger partial charge is 0.422 e. The van der Waals surface area contributed by atoms with Gasteiger partial charge in [-0.25, -0.2) is 24.5 Å². The van der Waals surface area contributed by atoms with Crippen molar-refractivity contribution in [2.24, 2.45) is 0 Å². The third kappa shape index (κ3) is 5.48. The highest BCUT2D eigenvalue weighted by atomic mass is 79.9. The summed E-state index contributed by atoms with van der Waals surface area (Å²) in [4.78, 5) is 45.4. The van der Waals surface area contributed by atoms with Gasteiger partial charge in [0, 0.05) is 0 Å². The number of rotatable bonds is 3. The summed E-state index contributed by atoms with van der Waals surface area (Å²) in [5.41, 5.74) is -0.976. The summed E-state index contributed by atoms with van der Waals surface area (Å²) >= 11 is 3.09. The molecule has 2 rings (SSSR count). The van der Waals surface area contributed by atoms with Gasteiger partial charge in [-0.3, -0.25) is 10.1 Å². The average molecular weight is 437 g/mol. The number of anilines is 2. The van der Waals surface area contributed by atoms with Gasteiger partial charge < -0.3 is 9.84 Å². The summed E-state index contributed by atoms with van der Waals surface area (Å²) in [6.45, 7) is 4.98. The molecule has 1 aromatic carbocycles. The van der Waals surface area contributed by atoms with E-state index in [0.29, 0.717) is 0 Å². The van der Waals surface area contributed by atoms with Crippen molar-refractivity contribution in [2.75, 3.05) is 10.2 Å². The molecular formula is C17H17BrN4O5. The molecule has 0 atom stereocenters. The fraction of sp³-hybridized carbons (Fsp3) is 0.235. The van der Waals surface area contributed by atoms with Crippen molar-refractivity contribution in [3.63, 3.8) is 0 Å². The molecule has 0 saturated heterocycles. The SMILES string of the molecule is CC(C)(C)OC(=O)N(C(=O)c1nc(Br)cnc1NC(=O)O)c1ccccc1. The van der Waals surface area contributed by atoms with Crippen molar-refractivity contribution in [3.05, 3.63) is 46.8 Å². The number of aromatic nitrogens is 2. The molecule has 9 nitrogen and oxygen atoms in total. The molecule has 0 aliphatic heterocycles. The largest absolute Gasteiger partial charge is 0.465 e. The summed E-state index contributed by atoms with van der Waals surface area (Å²) in [7, 11) is 0. The Morgan fingerprint density at radius 2 is 1.81 bits per heavy atom. The normalized spacial score (nSPS) is 10.8. The number of amides is 3. The fourth-order valence-electron chi connectivity index (χ4n) is 2.01. The number of nitrogens with zero attached hydrogens (tertiary/aromatic N) is 3. The zero-order valence-electron chi connectivity index (χ0n) is 14.8. The molecule has 10 heteroatoms. The maximum absolute atomic E-state index is 13.1. The van der Waals surface area contributed by atoms with Gasteiger partial charge >= 0.3 is 12.2 Å². The van der Waals surface area contributed by atoms with Gasteiger partial charge in [0.1, 0.15) is 10.2 Å². The lowest BCUT2D eigenvalue weighted by Gasteiger charge is -2.26. The van der Waals surface area contributed by atoms with Crippen LogP contribution in [0.2, 0.25) is 0 Å². The molecule has 3 amide bonds. The zero-order valence-corrected chi connectivity index (χ0v) is 16.3. The first-order chi connectivity index (χ1) is 12.6. The number of carbonyl (C=O) groups is 3. The lowest BCUT2D eigenvalue weighted by Crippen LogP contribution is -2.41. The van der Waals surface area contributed by atoms with E-state index in [1.54, 1.807) is 39.0 Å². The van der Waals surface area contributed by atoms with Gasteiger partial charge in [-0.05, 0) is 48.8 Å². The maximum Gasteiger partial charge on any atom is 0.422 e. The quantitative estimate of drug-likeness (QED) is 0.747. The second kappa shape index (κ2) is 8.12. The fourth-order valence-corrected chi connectivity index (χ4v) is 2.29. The van der Waals surface area contributed by atoms with Crippen LogP contribution in [0.4, 0.5) is 21.1 Å². The number of halogens is 1. The second-order valence-electron chi connectivity index (χ2n) is 6.28. The zero-order chi connectivity index (χ0) is 20.2. The van der Waals surface area contributed by atoms with Crippen molar-refractivity contribution in [1.82, 2.24) is 9.97 Å². The number of para-hydroxylation sites is 1. The number of hydrogen-bond donors (Lipinski definition) is 2. The molecule has 2 aromatic rings. The second-order valence-corrected chi connectivity index (χ2v) is 7.09. The summed E-state index contributed by atoms with van der Waals surface area (Å²) < 4.78 is 5.51. The van der Waals surface area contributed by atoms with Crippen molar-refractivity contribution >= 4 is 45.5 Å². The van der Waals surface area contributed by atoms with Crippen LogP contribution in [0, 0.1) is 0 Å². The summed E-state index contributed by atoms with van der Waals surface area (Å²) in [5, 5.41) is 11.0. The Morgan fingerprint density at radius 1 is 1.19 bits per heavy atom. The summed E-state index contributed by atoms with van der Waals surface area (Å²) in [6.07, 6.45) is -1.13. The van der Waals surface area contributed by atoms with E-state index in [-0.39, 0.29) is 21.8 Å². The summed E-state index contributed by atoms with van der Waals surface area (Å²) in [5.74, 6) is -1.20. The maximum atomic E-state index is 13.1. The molecule has 2 N–H and O–H groups in total. The van der Waals surface area contributed by atoms with Gasteiger partial charge in [0.2, 0.25) is 0 Å². The van der Waals surface area contributed by atoms with Crippen LogP contribution in [-0.2, 0) is 4.74 Å². The Labute approximate surface area is 163 Å². The molecular weight excluding hydrogens is 420 g/mol. The number of carboxylic acid groups (broad SMARTS) is 1. The van der Waals surface area contributed by atoms with Gasteiger partial charge in [-0.15, -0.1) is 0 Å². The Bertz CT molecular complexity index is 867. The van der Waals surface area contributed by atoms with E-state index in [4.69, 9.17) is 9.84 Å². The highest BCUT2D eigenvalue weighted by Gasteiger charge is 2.32. The van der Waals surface area contributed by atoms with Crippen molar-refractivity contribution in [1.29, 1.82) is 0 Å². The predicted octanol–water partition coefficient (Wildman–Crippen LogP) is 3.91. The van der Waals surface area contributed by atoms with Crippen LogP contribution in [-0.4, -0.2) is 38.8 Å². The van der Waals surface area contributed by atoms with Crippen molar-refractivity contribution in [2.45, 2.75) is 26.4 Å². The molecule has 1 aromatic heterocycles. The molecule has 27 heavy (non-hydrogen) atoms. The van der Waals surface area contributed by atoms with Crippen molar-refractivity contribution < 1.29 is 24.2 Å². The number of imide groups is 1. The molecule has 0 unspecified atom stereocenters. The molecule has 0 saturated carbocycles. The first-order valence-corrected chi connectivity index (χ1v) is 8.53. The number of carbonyl (C=O) groups excluding carboxylic acids is 2. The number of hydrogen-bond acceptors (Lipinski definition) is 6. The predicted molar refractivity (Wildman–Crippen MR) is 101 cm³/mol. The molecule has 142 valence electrons. The van der Waals surface area contributed by atoms with E-state index in [0.717, 1.165) is 4.90 Å². The third-order valence-corrected chi connectivity index (χ3v) is 3.35. The van der Waals surface area contributed by atoms with Gasteiger partial charge in [0.15, 0.2) is 11.5 Å². The van der Waals surface area contributed by atoms with Gasteiger partial charge in [-0.1, -0.05) is 18.2 Å². The summed E-state index contributed by atoms with van der Waals surface area (Å²) in [6, 6.07) is 8.08. The first-order valence-electron chi connectivity index (χ1n) is 7.73. The Hall–Kier alpha value is -3.01. The molecule has 0 fully saturated rings. The first kappa shape index (κ1) is 20.3. The van der Waals surface area contributed by atoms with Gasteiger partial charge in [0.05, 0.1) is 11.9 Å². The van der Waals surface area contributed by atoms with Crippen LogP contribution in [0.1, 0.15) is 31.3 Å². The average Bonchev–Trinajstić information content (AvgIpc) is 2.55. The van der Waals surface area contributed by atoms with Crippen molar-refractivity contribution in [3.8, 4) is 0 Å². The highest BCUT2D eigenvalue weighted by Crippen LogP contribution is 2.23. The van der Waals surface area contributed by atoms with Crippen LogP contribution >= 0.6 is 15.9 Å². The Kier molecular flexibility index (Phi) is 6.11. The van der Waals surface area contributed by atoms with E-state index in [2.05, 4.69) is 25.9 Å². The topological polar surface area (TPSA) is 122 Å². The monoisotopic (exact) mass is 436 g/mol. The van der Waals surface area contributed by atoms with E-state index in [1.807, 2.05) is 5.32 Å². The van der Waals surface area contributed by atoms with Gasteiger partial charge in [0.25, 0.3) is 5.91 Å². The van der Waals surface area contributed by atoms with Crippen LogP contribution in [0.15, 0.2) is 41.1 Å². The third-order valence-electron chi connectivity index (χ3n) is 2.96. The van der Waals surface area contributed by atoms with Crippen LogP contribution < -0.4 is 10.2 Å². The minimum atomic E-state index is -1.43. The molecule has 0 radical (unpaired) electrons. The van der Waals surface area contributed by atoms with Gasteiger partial charge in [-0.2, -0.15) is 0 Å². The lowest BCUT2D eigenvalue weighted by molar-refractivity contribution is 0.0563. The Balaban J connectivity index is 2.53. The molecule has 0 aliphatic rings. The van der Waals surface area contributed by atoms with E-state index in [1.165, 1.54) is 18.3 Å². The van der Waals surface area contributed by atoms with Crippen LogP contribution in [0.3, 0.4) is 0 Å². The minimum Gasteiger partial charge on any atom is -0.465 e. The molecule has 1 heterocycles. The standard InChI is InChI=1S/C17H17BrN4O5/c1-17(2,3)27-16(26)22(10-7-5-4-6-8-10)14(23)12-13(21-15(24)25)19-9-11(18)20-12/h4-9H,1-3H3,(H,19,21)(H,24,25). The molecule has 0 bridgehead atoms. The van der Waals surface area contributed by atoms with Crippen LogP contribution in [0.25, 0.3) is 0 Å². The number of ether oxygens (including phenoxy) is 1. The lowest BCUT2D eigenvalue weighted by atomic mass is 10.2. The minimum absolute atomic E-state index is 0.194. The molecule has 0 aliphatic carbocycles. The highest BCUT2D eigenvalue weighted by molar-refractivity contribution is 9.10. The number of benzene rings is 1.